The van der Waals surface area contributed by atoms with E-state index in [-0.39, 0.29) is 6.04 Å². The average molecular weight is 407 g/mol. The molecule has 0 saturated carbocycles. The van der Waals surface area contributed by atoms with Crippen molar-refractivity contribution in [2.75, 3.05) is 13.1 Å². The molecule has 0 aliphatic rings. The topological polar surface area (TPSA) is 78.0 Å². The number of benzene rings is 2. The molecule has 3 aromatic rings. The van der Waals surface area contributed by atoms with Gasteiger partial charge in [-0.05, 0) is 48.4 Å². The number of rotatable bonds is 7. The number of nitrogens with zero attached hydrogens (tertiary/aromatic N) is 4. The second-order valence-electron chi connectivity index (χ2n) is 6.44. The highest BCUT2D eigenvalue weighted by atomic mass is 35.5. The van der Waals surface area contributed by atoms with Gasteiger partial charge in [-0.3, -0.25) is 4.68 Å². The van der Waals surface area contributed by atoms with Gasteiger partial charge in [0.05, 0.1) is 24.2 Å². The first-order valence-corrected chi connectivity index (χ1v) is 9.83. The number of aromatic nitrogens is 2. The van der Waals surface area contributed by atoms with Gasteiger partial charge >= 0.3 is 0 Å². The number of aliphatic imine (C=N–C) groups is 1. The maximum atomic E-state index is 9.06. The van der Waals surface area contributed by atoms with Gasteiger partial charge in [0.15, 0.2) is 5.96 Å². The maximum Gasteiger partial charge on any atom is 0.191 e. The summed E-state index contributed by atoms with van der Waals surface area (Å²) in [6.07, 6.45) is 3.71. The van der Waals surface area contributed by atoms with Crippen molar-refractivity contribution >= 4 is 17.6 Å². The molecule has 3 rings (SSSR count). The summed E-state index contributed by atoms with van der Waals surface area (Å²) in [5.74, 6) is 0.709. The predicted molar refractivity (Wildman–Crippen MR) is 116 cm³/mol. The van der Waals surface area contributed by atoms with Crippen molar-refractivity contribution in [3.05, 3.63) is 88.7 Å². The summed E-state index contributed by atoms with van der Waals surface area (Å²) >= 11 is 6.04. The third kappa shape index (κ3) is 5.84. The Balaban J connectivity index is 1.74. The molecule has 148 valence electrons. The Morgan fingerprint density at radius 1 is 1.21 bits per heavy atom. The third-order valence-corrected chi connectivity index (χ3v) is 4.63. The predicted octanol–water partition coefficient (Wildman–Crippen LogP) is 3.75. The zero-order valence-electron chi connectivity index (χ0n) is 16.2. The second-order valence-corrected chi connectivity index (χ2v) is 6.88. The highest BCUT2D eigenvalue weighted by molar-refractivity contribution is 6.30. The largest absolute Gasteiger partial charge is 0.357 e. The van der Waals surface area contributed by atoms with Crippen LogP contribution in [-0.2, 0) is 6.54 Å². The Morgan fingerprint density at radius 3 is 2.72 bits per heavy atom. The van der Waals surface area contributed by atoms with Gasteiger partial charge in [0, 0.05) is 30.5 Å². The van der Waals surface area contributed by atoms with E-state index in [9.17, 15) is 0 Å². The van der Waals surface area contributed by atoms with Gasteiger partial charge in [-0.15, -0.1) is 0 Å². The Kier molecular flexibility index (Phi) is 7.26. The zero-order chi connectivity index (χ0) is 20.5. The summed E-state index contributed by atoms with van der Waals surface area (Å²) in [5, 5.41) is 20.8. The van der Waals surface area contributed by atoms with Crippen LogP contribution in [0.25, 0.3) is 0 Å². The first-order valence-electron chi connectivity index (χ1n) is 9.45. The quantitative estimate of drug-likeness (QED) is 0.462. The summed E-state index contributed by atoms with van der Waals surface area (Å²) in [6, 6.07) is 19.3. The molecule has 29 heavy (non-hydrogen) atoms. The summed E-state index contributed by atoms with van der Waals surface area (Å²) in [5.41, 5.74) is 2.72. The molecule has 0 radical (unpaired) electrons. The van der Waals surface area contributed by atoms with E-state index >= 15 is 0 Å². The molecule has 1 heterocycles. The highest BCUT2D eigenvalue weighted by Gasteiger charge is 2.15. The Morgan fingerprint density at radius 2 is 2.03 bits per heavy atom. The molecule has 0 fully saturated rings. The molecular weight excluding hydrogens is 384 g/mol. The van der Waals surface area contributed by atoms with Gasteiger partial charge in [0.2, 0.25) is 0 Å². The molecule has 1 atom stereocenters. The lowest BCUT2D eigenvalue weighted by atomic mass is 10.1. The van der Waals surface area contributed by atoms with Gasteiger partial charge in [-0.25, -0.2) is 4.99 Å². The van der Waals surface area contributed by atoms with Crippen LogP contribution in [0.5, 0.6) is 0 Å². The van der Waals surface area contributed by atoms with E-state index < -0.39 is 0 Å². The van der Waals surface area contributed by atoms with Crippen molar-refractivity contribution in [3.8, 4) is 6.07 Å². The summed E-state index contributed by atoms with van der Waals surface area (Å²) < 4.78 is 1.91. The summed E-state index contributed by atoms with van der Waals surface area (Å²) in [6.45, 7) is 3.86. The lowest BCUT2D eigenvalue weighted by Gasteiger charge is -2.20. The van der Waals surface area contributed by atoms with E-state index in [0.717, 1.165) is 17.7 Å². The lowest BCUT2D eigenvalue weighted by Crippen LogP contribution is -2.40. The number of halogens is 1. The van der Waals surface area contributed by atoms with E-state index in [1.165, 1.54) is 0 Å². The first kappa shape index (κ1) is 20.4. The fourth-order valence-electron chi connectivity index (χ4n) is 2.96. The monoisotopic (exact) mass is 406 g/mol. The fourth-order valence-corrected chi connectivity index (χ4v) is 3.08. The van der Waals surface area contributed by atoms with Crippen LogP contribution >= 0.6 is 11.6 Å². The van der Waals surface area contributed by atoms with Gasteiger partial charge < -0.3 is 10.6 Å². The standard InChI is InChI=1S/C22H23ClN6/c1-2-25-22(26-15-18-6-3-5-17(13-18)14-24)27-16-21(29-12-4-11-28-29)19-7-9-20(23)10-8-19/h3-13,21H,2,15-16H2,1H3,(H2,25,26,27). The highest BCUT2D eigenvalue weighted by Crippen LogP contribution is 2.19. The first-order chi connectivity index (χ1) is 14.2. The van der Waals surface area contributed by atoms with Crippen molar-refractivity contribution < 1.29 is 0 Å². The number of hydrogen-bond acceptors (Lipinski definition) is 3. The Hall–Kier alpha value is -3.30. The molecule has 0 aliphatic carbocycles. The molecule has 7 heteroatoms. The smallest absolute Gasteiger partial charge is 0.191 e. The molecule has 0 saturated heterocycles. The minimum Gasteiger partial charge on any atom is -0.357 e. The fraction of sp³-hybridized carbons (Fsp3) is 0.227. The average Bonchev–Trinajstić information content (AvgIpc) is 3.28. The van der Waals surface area contributed by atoms with Crippen LogP contribution < -0.4 is 10.6 Å². The van der Waals surface area contributed by atoms with E-state index in [1.54, 1.807) is 12.3 Å². The minimum absolute atomic E-state index is 0.00644. The van der Waals surface area contributed by atoms with Gasteiger partial charge in [0.1, 0.15) is 0 Å². The van der Waals surface area contributed by atoms with Crippen LogP contribution in [0.15, 0.2) is 72.0 Å². The van der Waals surface area contributed by atoms with Gasteiger partial charge in [-0.2, -0.15) is 10.4 Å². The summed E-state index contributed by atoms with van der Waals surface area (Å²) in [4.78, 5) is 4.65. The van der Waals surface area contributed by atoms with Crippen molar-refractivity contribution in [1.82, 2.24) is 20.4 Å². The number of nitriles is 1. The summed E-state index contributed by atoms with van der Waals surface area (Å²) in [7, 11) is 0. The normalized spacial score (nSPS) is 12.2. The maximum absolute atomic E-state index is 9.06. The third-order valence-electron chi connectivity index (χ3n) is 4.38. The molecule has 2 N–H and O–H groups in total. The molecule has 0 amide bonds. The molecule has 1 unspecified atom stereocenters. The molecule has 0 spiro atoms. The SMILES string of the molecule is CCNC(=NCc1cccc(C#N)c1)NCC(c1ccc(Cl)cc1)n1cccn1. The molecule has 1 aromatic heterocycles. The Labute approximate surface area is 175 Å². The van der Waals surface area contributed by atoms with Crippen molar-refractivity contribution in [2.24, 2.45) is 4.99 Å². The molecule has 0 aliphatic heterocycles. The van der Waals surface area contributed by atoms with Crippen LogP contribution in [0.1, 0.15) is 29.7 Å². The van der Waals surface area contributed by atoms with Crippen LogP contribution in [0, 0.1) is 11.3 Å². The number of guanidine groups is 1. The van der Waals surface area contributed by atoms with Crippen molar-refractivity contribution in [1.29, 1.82) is 5.26 Å². The van der Waals surface area contributed by atoms with Crippen LogP contribution in [0.3, 0.4) is 0 Å². The lowest BCUT2D eigenvalue weighted by molar-refractivity contribution is 0.511. The molecule has 2 aromatic carbocycles. The second kappa shape index (κ2) is 10.3. The van der Waals surface area contributed by atoms with E-state index in [1.807, 2.05) is 66.3 Å². The van der Waals surface area contributed by atoms with E-state index in [2.05, 4.69) is 26.8 Å². The van der Waals surface area contributed by atoms with Crippen LogP contribution in [-0.4, -0.2) is 28.8 Å². The molecule has 6 nitrogen and oxygen atoms in total. The Bertz CT molecular complexity index is 973. The zero-order valence-corrected chi connectivity index (χ0v) is 17.0. The molecule has 0 bridgehead atoms. The van der Waals surface area contributed by atoms with Gasteiger partial charge in [0.25, 0.3) is 0 Å². The number of nitrogens with one attached hydrogen (secondary N) is 2. The minimum atomic E-state index is -0.00644. The van der Waals surface area contributed by atoms with Crippen LogP contribution in [0.4, 0.5) is 0 Å². The molecular formula is C22H23ClN6. The van der Waals surface area contributed by atoms with Gasteiger partial charge in [-0.1, -0.05) is 35.9 Å². The van der Waals surface area contributed by atoms with E-state index in [0.29, 0.717) is 29.6 Å². The van der Waals surface area contributed by atoms with Crippen LogP contribution in [0.2, 0.25) is 5.02 Å². The number of hydrogen-bond donors (Lipinski definition) is 2. The van der Waals surface area contributed by atoms with E-state index in [4.69, 9.17) is 16.9 Å². The van der Waals surface area contributed by atoms with Crippen molar-refractivity contribution in [3.63, 3.8) is 0 Å². The van der Waals surface area contributed by atoms with Crippen molar-refractivity contribution in [2.45, 2.75) is 19.5 Å².